The number of morpholine rings is 1. The molecule has 0 radical (unpaired) electrons. The number of aromatic hydroxyl groups is 1. The summed E-state index contributed by atoms with van der Waals surface area (Å²) in [5.74, 6) is 0.820. The van der Waals surface area contributed by atoms with Gasteiger partial charge in [0, 0.05) is 81.9 Å². The van der Waals surface area contributed by atoms with E-state index < -0.39 is 18.8 Å². The Bertz CT molecular complexity index is 2380. The van der Waals surface area contributed by atoms with Gasteiger partial charge in [-0.1, -0.05) is 24.3 Å². The van der Waals surface area contributed by atoms with E-state index in [1.165, 1.54) is 22.6 Å². The average Bonchev–Trinajstić information content (AvgIpc) is 3.94. The number of pyridine rings is 1. The molecule has 300 valence electrons. The average molecular weight is 791 g/mol. The Morgan fingerprint density at radius 3 is 2.40 bits per heavy atom. The number of halogens is 2. The Kier molecular flexibility index (Phi) is 9.98. The Labute approximate surface area is 334 Å². The van der Waals surface area contributed by atoms with Gasteiger partial charge in [-0.25, -0.2) is 13.8 Å². The molecule has 2 aromatic heterocycles. The Balaban J connectivity index is 1.16. The molecule has 0 aliphatic carbocycles. The van der Waals surface area contributed by atoms with Gasteiger partial charge in [0.05, 0.1) is 36.2 Å². The number of phenolic OH excluding ortho intramolecular Hbond substituents is 1. The highest BCUT2D eigenvalue weighted by Gasteiger charge is 2.36. The fraction of sp³-hybridized carbons (Fsp3) is 0.341. The quantitative estimate of drug-likeness (QED) is 0.187. The number of nitrogens with zero attached hydrogens (tertiary/aromatic N) is 6. The van der Waals surface area contributed by atoms with Gasteiger partial charge in [-0.2, -0.15) is 0 Å². The van der Waals surface area contributed by atoms with Crippen molar-refractivity contribution < 1.29 is 37.7 Å². The highest BCUT2D eigenvalue weighted by Crippen LogP contribution is 2.42. The molecule has 4 aliphatic rings. The number of fused-ring (bicyclic) bond motifs is 3. The summed E-state index contributed by atoms with van der Waals surface area (Å²) in [5, 5.41) is 10.1. The zero-order chi connectivity index (χ0) is 40.1. The molecule has 12 nitrogen and oxygen atoms in total. The third-order valence-corrected chi connectivity index (χ3v) is 11.7. The fourth-order valence-electron chi connectivity index (χ4n) is 8.68. The number of carbonyl (C=O) groups is 2. The van der Waals surface area contributed by atoms with Crippen LogP contribution in [0.15, 0.2) is 79.0 Å². The minimum atomic E-state index is -2.78. The molecule has 1 N–H and O–H groups in total. The highest BCUT2D eigenvalue weighted by molar-refractivity contribution is 6.13. The van der Waals surface area contributed by atoms with Gasteiger partial charge in [-0.3, -0.25) is 19.4 Å². The maximum atomic E-state index is 15.1. The first-order valence-corrected chi connectivity index (χ1v) is 19.5. The topological polar surface area (TPSA) is 113 Å². The molecule has 0 saturated carbocycles. The number of likely N-dealkylation sites (N-methyl/N-ethyl adjacent to an activating group) is 1. The smallest absolute Gasteiger partial charge is 0.264 e. The van der Waals surface area contributed by atoms with Crippen LogP contribution >= 0.6 is 0 Å². The standard InChI is InChI=1S/C44H44F2N6O6/c1-48-12-11-28-18-31(23-47-42(28)48)52(30-7-9-33(53)10-8-30)44(55)36-19-37(49(2)38(36)22-41(45)46)34-20-39-40(58-26-57-39)21-35(34)43(54)51-24-29-6-4-3-5-27(29)17-32(51)25-50-13-15-56-16-14-50/h3-10,18-21,23,32,41,53H,11-17,22,24-26H2,1-2H3/t32-/m0/s1. The van der Waals surface area contributed by atoms with Crippen molar-refractivity contribution in [3.05, 3.63) is 113 Å². The molecule has 1 fully saturated rings. The number of rotatable bonds is 9. The maximum absolute atomic E-state index is 15.1. The second kappa shape index (κ2) is 15.4. The van der Waals surface area contributed by atoms with E-state index in [4.69, 9.17) is 14.2 Å². The summed E-state index contributed by atoms with van der Waals surface area (Å²) in [4.78, 5) is 42.5. The molecule has 3 aromatic carbocycles. The van der Waals surface area contributed by atoms with Gasteiger partial charge in [0.15, 0.2) is 11.5 Å². The van der Waals surface area contributed by atoms with Crippen molar-refractivity contribution in [2.45, 2.75) is 38.3 Å². The van der Waals surface area contributed by atoms with E-state index in [-0.39, 0.29) is 35.7 Å². The molecule has 14 heteroatoms. The van der Waals surface area contributed by atoms with Crippen molar-refractivity contribution in [3.8, 4) is 28.5 Å². The molecule has 1 atom stereocenters. The van der Waals surface area contributed by atoms with Crippen molar-refractivity contribution in [2.24, 2.45) is 7.05 Å². The van der Waals surface area contributed by atoms with Crippen LogP contribution < -0.4 is 19.3 Å². The van der Waals surface area contributed by atoms with Gasteiger partial charge in [0.1, 0.15) is 11.6 Å². The molecule has 0 spiro atoms. The van der Waals surface area contributed by atoms with E-state index in [0.717, 1.165) is 43.0 Å². The van der Waals surface area contributed by atoms with Crippen LogP contribution in [0.5, 0.6) is 17.2 Å². The minimum absolute atomic E-state index is 0.00891. The van der Waals surface area contributed by atoms with E-state index in [1.54, 1.807) is 48.1 Å². The Morgan fingerprint density at radius 1 is 0.897 bits per heavy atom. The Hall–Kier alpha value is -5.99. The van der Waals surface area contributed by atoms with Gasteiger partial charge in [0.2, 0.25) is 13.2 Å². The molecule has 1 saturated heterocycles. The van der Waals surface area contributed by atoms with Gasteiger partial charge in [-0.05, 0) is 78.1 Å². The van der Waals surface area contributed by atoms with Crippen LogP contribution in [0.25, 0.3) is 11.3 Å². The number of hydrogen-bond acceptors (Lipinski definition) is 9. The lowest BCUT2D eigenvalue weighted by Gasteiger charge is -2.40. The normalized spacial score (nSPS) is 17.4. The molecule has 0 unspecified atom stereocenters. The monoisotopic (exact) mass is 790 g/mol. The molecule has 6 heterocycles. The zero-order valence-electron chi connectivity index (χ0n) is 32.4. The summed E-state index contributed by atoms with van der Waals surface area (Å²) < 4.78 is 47.8. The zero-order valence-corrected chi connectivity index (χ0v) is 32.4. The van der Waals surface area contributed by atoms with Crippen molar-refractivity contribution >= 4 is 29.0 Å². The van der Waals surface area contributed by atoms with Gasteiger partial charge in [-0.15, -0.1) is 0 Å². The molecule has 2 amide bonds. The highest BCUT2D eigenvalue weighted by atomic mass is 19.3. The number of anilines is 3. The van der Waals surface area contributed by atoms with Crippen molar-refractivity contribution in [2.75, 3.05) is 63.0 Å². The third kappa shape index (κ3) is 7.00. The third-order valence-electron chi connectivity index (χ3n) is 11.7. The number of aromatic nitrogens is 2. The van der Waals surface area contributed by atoms with Crippen LogP contribution in [0, 0.1) is 0 Å². The van der Waals surface area contributed by atoms with E-state index in [9.17, 15) is 13.9 Å². The largest absolute Gasteiger partial charge is 0.508 e. The number of ether oxygens (including phenoxy) is 3. The molecule has 0 bridgehead atoms. The van der Waals surface area contributed by atoms with E-state index in [0.29, 0.717) is 72.4 Å². The van der Waals surface area contributed by atoms with Crippen LogP contribution in [0.1, 0.15) is 43.1 Å². The minimum Gasteiger partial charge on any atom is -0.508 e. The lowest BCUT2D eigenvalue weighted by atomic mass is 9.92. The van der Waals surface area contributed by atoms with Gasteiger partial charge >= 0.3 is 0 Å². The number of hydrogen-bond donors (Lipinski definition) is 1. The number of phenols is 1. The van der Waals surface area contributed by atoms with Crippen molar-refractivity contribution in [1.29, 1.82) is 0 Å². The first kappa shape index (κ1) is 37.6. The molecular formula is C44H44F2N6O6. The van der Waals surface area contributed by atoms with E-state index in [2.05, 4.69) is 16.0 Å². The Morgan fingerprint density at radius 2 is 1.64 bits per heavy atom. The first-order valence-electron chi connectivity index (χ1n) is 19.5. The fourth-order valence-corrected chi connectivity index (χ4v) is 8.68. The van der Waals surface area contributed by atoms with Crippen molar-refractivity contribution in [3.63, 3.8) is 0 Å². The predicted molar refractivity (Wildman–Crippen MR) is 214 cm³/mol. The van der Waals surface area contributed by atoms with Crippen molar-refractivity contribution in [1.82, 2.24) is 19.4 Å². The summed E-state index contributed by atoms with van der Waals surface area (Å²) >= 11 is 0. The van der Waals surface area contributed by atoms with E-state index >= 15 is 9.59 Å². The number of amides is 2. The summed E-state index contributed by atoms with van der Waals surface area (Å²) in [6, 6.07) is 21.0. The summed E-state index contributed by atoms with van der Waals surface area (Å²) in [6.07, 6.45) is -0.498. The molecule has 58 heavy (non-hydrogen) atoms. The molecular weight excluding hydrogens is 747 g/mol. The number of benzene rings is 3. The lowest BCUT2D eigenvalue weighted by Crippen LogP contribution is -2.52. The summed E-state index contributed by atoms with van der Waals surface area (Å²) in [6.45, 7) is 4.57. The van der Waals surface area contributed by atoms with Crippen LogP contribution in [-0.4, -0.2) is 102 Å². The molecule has 5 aromatic rings. The first-order chi connectivity index (χ1) is 28.1. The number of carbonyl (C=O) groups excluding carboxylic acids is 2. The predicted octanol–water partition coefficient (Wildman–Crippen LogP) is 6.20. The van der Waals surface area contributed by atoms with Crippen LogP contribution in [-0.2, 0) is 37.6 Å². The van der Waals surface area contributed by atoms with Gasteiger partial charge < -0.3 is 33.7 Å². The summed E-state index contributed by atoms with van der Waals surface area (Å²) in [7, 11) is 3.59. The van der Waals surface area contributed by atoms with Gasteiger partial charge in [0.25, 0.3) is 11.8 Å². The van der Waals surface area contributed by atoms with Crippen LogP contribution in [0.3, 0.4) is 0 Å². The van der Waals surface area contributed by atoms with Crippen LogP contribution in [0.4, 0.5) is 26.0 Å². The molecule has 9 rings (SSSR count). The second-order valence-electron chi connectivity index (χ2n) is 15.3. The SMILES string of the molecule is CN1CCc2cc(N(C(=O)c3cc(-c4cc5c(cc4C(=O)N4Cc6ccccc6C[C@H]4CN4CCOCC4)OCO5)n(C)c3CC(F)F)c3ccc(O)cc3)cnc21. The van der Waals surface area contributed by atoms with E-state index in [1.807, 2.05) is 41.1 Å². The summed E-state index contributed by atoms with van der Waals surface area (Å²) in [5.41, 5.74) is 5.34. The molecule has 4 aliphatic heterocycles. The lowest BCUT2D eigenvalue weighted by molar-refractivity contribution is 0.0193. The number of alkyl halides is 2. The second-order valence-corrected chi connectivity index (χ2v) is 15.3. The van der Waals surface area contributed by atoms with Crippen LogP contribution in [0.2, 0.25) is 0 Å². The maximum Gasteiger partial charge on any atom is 0.264 e.